The maximum atomic E-state index is 11.6. The highest BCUT2D eigenvalue weighted by atomic mass is 31.3. The second-order valence-electron chi connectivity index (χ2n) is 3.16. The predicted molar refractivity (Wildman–Crippen MR) is 54.5 cm³/mol. The molecule has 1 aliphatic heterocycles. The summed E-state index contributed by atoms with van der Waals surface area (Å²) in [5, 5.41) is 9.01. The summed E-state index contributed by atoms with van der Waals surface area (Å²) in [6.07, 6.45) is -3.02. The van der Waals surface area contributed by atoms with Gasteiger partial charge in [-0.1, -0.05) is 0 Å². The standard InChI is InChI=1S/C4H7O13P3/c5-2-1-3(6)14-20(13,15-4(2)7)17-19(11,12)16-18(8,9)10/h2,5H,1H2,(H,11,12)(H2,8,9,10). The van der Waals surface area contributed by atoms with Crippen LogP contribution in [-0.4, -0.2) is 37.8 Å². The summed E-state index contributed by atoms with van der Waals surface area (Å²) in [5.41, 5.74) is 0. The van der Waals surface area contributed by atoms with Crippen molar-refractivity contribution in [3.8, 4) is 0 Å². The summed E-state index contributed by atoms with van der Waals surface area (Å²) in [4.78, 5) is 47.5. The van der Waals surface area contributed by atoms with E-state index >= 15 is 0 Å². The quantitative estimate of drug-likeness (QED) is 0.455. The minimum atomic E-state index is -5.70. The maximum absolute atomic E-state index is 11.6. The van der Waals surface area contributed by atoms with Crippen LogP contribution in [0.3, 0.4) is 0 Å². The van der Waals surface area contributed by atoms with Crippen LogP contribution in [0.5, 0.6) is 0 Å². The number of aliphatic hydroxyl groups is 1. The molecular weight excluding hydrogens is 349 g/mol. The van der Waals surface area contributed by atoms with E-state index in [0.29, 0.717) is 0 Å². The van der Waals surface area contributed by atoms with Crippen LogP contribution in [0.15, 0.2) is 0 Å². The number of phosphoric acid groups is 3. The molecule has 1 heterocycles. The molecule has 4 N–H and O–H groups in total. The highest BCUT2D eigenvalue weighted by molar-refractivity contribution is 7.67. The molecule has 0 aromatic carbocycles. The van der Waals surface area contributed by atoms with Crippen molar-refractivity contribution in [2.45, 2.75) is 12.5 Å². The predicted octanol–water partition coefficient (Wildman–Crippen LogP) is -0.828. The molecular formula is C4H7O13P3. The third kappa shape index (κ3) is 5.41. The lowest BCUT2D eigenvalue weighted by atomic mass is 10.3. The molecule has 0 bridgehead atoms. The van der Waals surface area contributed by atoms with Crippen molar-refractivity contribution in [3.63, 3.8) is 0 Å². The van der Waals surface area contributed by atoms with Crippen molar-refractivity contribution < 1.29 is 60.7 Å². The van der Waals surface area contributed by atoms with E-state index in [4.69, 9.17) is 19.8 Å². The highest BCUT2D eigenvalue weighted by Gasteiger charge is 2.49. The highest BCUT2D eigenvalue weighted by Crippen LogP contribution is 2.68. The van der Waals surface area contributed by atoms with Gasteiger partial charge in [0.05, 0.1) is 6.42 Å². The second-order valence-corrected chi connectivity index (χ2v) is 7.65. The largest absolute Gasteiger partial charge is 0.601 e. The number of rotatable bonds is 4. The minimum absolute atomic E-state index is 0.971. The van der Waals surface area contributed by atoms with Crippen LogP contribution in [0.1, 0.15) is 6.42 Å². The Kier molecular flexibility index (Phi) is 4.92. The Morgan fingerprint density at radius 1 is 1.20 bits per heavy atom. The van der Waals surface area contributed by atoms with E-state index in [1.165, 1.54) is 0 Å². The molecule has 0 radical (unpaired) electrons. The smallest absolute Gasteiger partial charge is 0.381 e. The van der Waals surface area contributed by atoms with Crippen LogP contribution in [0.2, 0.25) is 0 Å². The number of aliphatic hydroxyl groups excluding tert-OH is 1. The van der Waals surface area contributed by atoms with Gasteiger partial charge in [0.25, 0.3) is 0 Å². The van der Waals surface area contributed by atoms with Crippen molar-refractivity contribution in [1.29, 1.82) is 0 Å². The Morgan fingerprint density at radius 2 is 1.75 bits per heavy atom. The SMILES string of the molecule is O=C1CC(O)C(=O)OP(=O)(OP(=O)(O)OP(=O)(O)O)O1. The van der Waals surface area contributed by atoms with Crippen LogP contribution in [0.4, 0.5) is 0 Å². The number of hydrogen-bond acceptors (Lipinski definition) is 10. The first kappa shape index (κ1) is 17.4. The van der Waals surface area contributed by atoms with Crippen LogP contribution >= 0.6 is 23.5 Å². The first-order valence-corrected chi connectivity index (χ1v) is 8.85. The third-order valence-corrected chi connectivity index (χ3v) is 5.59. The zero-order chi connectivity index (χ0) is 15.8. The Morgan fingerprint density at radius 3 is 2.25 bits per heavy atom. The Labute approximate surface area is 109 Å². The Bertz CT molecular complexity index is 558. The number of phosphoric ester groups is 1. The lowest BCUT2D eigenvalue weighted by molar-refractivity contribution is -0.145. The Hall–Kier alpha value is -0.610. The summed E-state index contributed by atoms with van der Waals surface area (Å²) in [6.45, 7) is 0. The van der Waals surface area contributed by atoms with E-state index < -0.39 is 47.9 Å². The third-order valence-electron chi connectivity index (χ3n) is 1.46. The summed E-state index contributed by atoms with van der Waals surface area (Å²) in [6, 6.07) is 0. The van der Waals surface area contributed by atoms with Crippen molar-refractivity contribution in [1.82, 2.24) is 0 Å². The summed E-state index contributed by atoms with van der Waals surface area (Å²) >= 11 is 0. The van der Waals surface area contributed by atoms with Gasteiger partial charge in [0.15, 0.2) is 6.10 Å². The summed E-state index contributed by atoms with van der Waals surface area (Å²) < 4.78 is 47.8. The molecule has 0 aromatic heterocycles. The molecule has 0 spiro atoms. The minimum Gasteiger partial charge on any atom is -0.381 e. The van der Waals surface area contributed by atoms with E-state index in [1.54, 1.807) is 0 Å². The fourth-order valence-corrected chi connectivity index (χ4v) is 4.35. The number of hydrogen-bond donors (Lipinski definition) is 4. The Balaban J connectivity index is 2.96. The van der Waals surface area contributed by atoms with Gasteiger partial charge in [0, 0.05) is 0 Å². The van der Waals surface area contributed by atoms with Crippen molar-refractivity contribution in [2.75, 3.05) is 0 Å². The molecule has 20 heavy (non-hydrogen) atoms. The maximum Gasteiger partial charge on any atom is 0.601 e. The average molecular weight is 356 g/mol. The van der Waals surface area contributed by atoms with Gasteiger partial charge in [-0.05, 0) is 0 Å². The molecule has 1 aliphatic rings. The second kappa shape index (κ2) is 5.64. The molecule has 16 heteroatoms. The molecule has 13 nitrogen and oxygen atoms in total. The number of carbonyl (C=O) groups is 2. The van der Waals surface area contributed by atoms with Gasteiger partial charge >= 0.3 is 35.4 Å². The van der Waals surface area contributed by atoms with Gasteiger partial charge in [0.2, 0.25) is 0 Å². The van der Waals surface area contributed by atoms with Gasteiger partial charge in [-0.25, -0.2) is 18.5 Å². The number of carbonyl (C=O) groups excluding carboxylic acids is 2. The van der Waals surface area contributed by atoms with E-state index in [1.807, 2.05) is 0 Å². The lowest BCUT2D eigenvalue weighted by Gasteiger charge is -2.17. The van der Waals surface area contributed by atoms with Crippen molar-refractivity contribution in [3.05, 3.63) is 0 Å². The molecule has 3 atom stereocenters. The van der Waals surface area contributed by atoms with Crippen LogP contribution in [0.25, 0.3) is 0 Å². The summed E-state index contributed by atoms with van der Waals surface area (Å²) in [5.74, 6) is -3.15. The molecule has 1 rings (SSSR count). The monoisotopic (exact) mass is 356 g/mol. The van der Waals surface area contributed by atoms with E-state index in [2.05, 4.69) is 17.7 Å². The van der Waals surface area contributed by atoms with E-state index in [9.17, 15) is 23.3 Å². The fraction of sp³-hybridized carbons (Fsp3) is 0.500. The van der Waals surface area contributed by atoms with Gasteiger partial charge in [-0.2, -0.15) is 8.62 Å². The molecule has 0 aliphatic carbocycles. The first-order valence-electron chi connectivity index (χ1n) is 4.37. The van der Waals surface area contributed by atoms with Gasteiger partial charge in [0.1, 0.15) is 0 Å². The average Bonchev–Trinajstić information content (AvgIpc) is 2.17. The zero-order valence-corrected chi connectivity index (χ0v) is 11.8. The normalized spacial score (nSPS) is 30.9. The van der Waals surface area contributed by atoms with Crippen LogP contribution in [-0.2, 0) is 41.0 Å². The van der Waals surface area contributed by atoms with Crippen LogP contribution < -0.4 is 0 Å². The molecule has 1 fully saturated rings. The van der Waals surface area contributed by atoms with Gasteiger partial charge in [-0.15, -0.1) is 0 Å². The molecule has 0 saturated carbocycles. The fourth-order valence-electron chi connectivity index (χ4n) is 0.902. The first-order chi connectivity index (χ1) is 8.82. The van der Waals surface area contributed by atoms with Gasteiger partial charge in [-0.3, -0.25) is 4.79 Å². The molecule has 1 saturated heterocycles. The topological polar surface area (TPSA) is 203 Å². The molecule has 116 valence electrons. The molecule has 3 unspecified atom stereocenters. The molecule has 0 amide bonds. The molecule has 0 aromatic rings. The van der Waals surface area contributed by atoms with Crippen LogP contribution in [0, 0.1) is 0 Å². The van der Waals surface area contributed by atoms with Gasteiger partial charge < -0.3 is 28.8 Å². The van der Waals surface area contributed by atoms with E-state index in [0.717, 1.165) is 0 Å². The van der Waals surface area contributed by atoms with Crippen molar-refractivity contribution in [2.24, 2.45) is 0 Å². The van der Waals surface area contributed by atoms with E-state index in [-0.39, 0.29) is 0 Å². The summed E-state index contributed by atoms with van der Waals surface area (Å²) in [7, 11) is -16.6. The van der Waals surface area contributed by atoms with Crippen molar-refractivity contribution >= 4 is 35.4 Å². The lowest BCUT2D eigenvalue weighted by Crippen LogP contribution is -2.21. The zero-order valence-electron chi connectivity index (χ0n) is 9.09.